The Morgan fingerprint density at radius 2 is 2.29 bits per heavy atom. The van der Waals surface area contributed by atoms with E-state index in [1.807, 2.05) is 25.1 Å². The third-order valence-electron chi connectivity index (χ3n) is 2.19. The number of alkyl halides is 1. The number of aldehydes is 1. The zero-order valence-corrected chi connectivity index (χ0v) is 9.87. The molecule has 1 aromatic rings. The number of hydrogen-bond acceptors (Lipinski definition) is 2. The van der Waals surface area contributed by atoms with Crippen molar-refractivity contribution in [3.63, 3.8) is 0 Å². The van der Waals surface area contributed by atoms with Crippen molar-refractivity contribution in [2.45, 2.75) is 18.2 Å². The molecule has 0 bridgehead atoms. The summed E-state index contributed by atoms with van der Waals surface area (Å²) in [5.41, 5.74) is 2.08. The Hall–Kier alpha value is -0.830. The van der Waals surface area contributed by atoms with Gasteiger partial charge >= 0.3 is 0 Å². The van der Waals surface area contributed by atoms with Crippen LogP contribution < -0.4 is 4.74 Å². The van der Waals surface area contributed by atoms with Gasteiger partial charge in [-0.2, -0.15) is 0 Å². The van der Waals surface area contributed by atoms with E-state index in [1.165, 1.54) is 0 Å². The number of ether oxygens (including phenoxy) is 1. The molecule has 14 heavy (non-hydrogen) atoms. The largest absolute Gasteiger partial charge is 0.496 e. The second-order valence-corrected chi connectivity index (χ2v) is 3.69. The molecule has 0 heterocycles. The number of hydrogen-bond donors (Lipinski definition) is 0. The smallest absolute Gasteiger partial charge is 0.127 e. The molecule has 0 saturated heterocycles. The fourth-order valence-electron chi connectivity index (χ4n) is 1.23. The van der Waals surface area contributed by atoms with Crippen LogP contribution in [-0.4, -0.2) is 13.4 Å². The monoisotopic (exact) mass is 256 g/mol. The Labute approximate surface area is 92.4 Å². The molecule has 0 aromatic heterocycles. The first-order valence-corrected chi connectivity index (χ1v) is 5.53. The summed E-state index contributed by atoms with van der Waals surface area (Å²) in [6.45, 7) is 1.87. The summed E-state index contributed by atoms with van der Waals surface area (Å²) in [6, 6.07) is 5.84. The highest BCUT2D eigenvalue weighted by Crippen LogP contribution is 2.25. The molecule has 0 fully saturated rings. The van der Waals surface area contributed by atoms with E-state index in [0.717, 1.165) is 28.5 Å². The van der Waals surface area contributed by atoms with Gasteiger partial charge in [-0.25, -0.2) is 0 Å². The van der Waals surface area contributed by atoms with E-state index in [9.17, 15) is 4.79 Å². The fourth-order valence-corrected chi connectivity index (χ4v) is 1.70. The Bertz CT molecular complexity index is 323. The first-order chi connectivity index (χ1) is 6.72. The van der Waals surface area contributed by atoms with Crippen molar-refractivity contribution < 1.29 is 9.53 Å². The zero-order valence-electron chi connectivity index (χ0n) is 8.29. The van der Waals surface area contributed by atoms with Gasteiger partial charge in [-0.1, -0.05) is 35.0 Å². The van der Waals surface area contributed by atoms with E-state index in [2.05, 4.69) is 15.9 Å². The quantitative estimate of drug-likeness (QED) is 0.612. The lowest BCUT2D eigenvalue weighted by Crippen LogP contribution is -1.97. The number of carbonyl (C=O) groups excluding carboxylic acids is 1. The average molecular weight is 257 g/mol. The summed E-state index contributed by atoms with van der Waals surface area (Å²) >= 11 is 3.38. The van der Waals surface area contributed by atoms with Crippen molar-refractivity contribution in [2.75, 3.05) is 7.11 Å². The Balaban J connectivity index is 3.06. The molecule has 0 N–H and O–H groups in total. The molecule has 0 aliphatic carbocycles. The summed E-state index contributed by atoms with van der Waals surface area (Å²) in [7, 11) is 1.64. The van der Waals surface area contributed by atoms with Crippen LogP contribution in [0.3, 0.4) is 0 Å². The molecule has 0 aliphatic heterocycles. The average Bonchev–Trinajstić information content (AvgIpc) is 2.26. The van der Waals surface area contributed by atoms with Crippen molar-refractivity contribution >= 4 is 22.2 Å². The van der Waals surface area contributed by atoms with E-state index in [4.69, 9.17) is 4.74 Å². The summed E-state index contributed by atoms with van der Waals surface area (Å²) in [5, 5.41) is 0.756. The molecule has 0 amide bonds. The van der Waals surface area contributed by atoms with Gasteiger partial charge in [-0.15, -0.1) is 0 Å². The predicted octanol–water partition coefficient (Wildman–Crippen LogP) is 2.89. The topological polar surface area (TPSA) is 26.3 Å². The summed E-state index contributed by atoms with van der Waals surface area (Å²) in [5.74, 6) is 0.751. The van der Waals surface area contributed by atoms with Crippen LogP contribution in [-0.2, 0) is 10.1 Å². The van der Waals surface area contributed by atoms with Crippen molar-refractivity contribution in [1.29, 1.82) is 0 Å². The first kappa shape index (κ1) is 11.2. The van der Waals surface area contributed by atoms with Gasteiger partial charge in [-0.3, -0.25) is 0 Å². The SMILES string of the molecule is COc1cc(C(C)C=O)ccc1CBr. The molecule has 3 heteroatoms. The highest BCUT2D eigenvalue weighted by Gasteiger charge is 2.07. The molecule has 0 saturated carbocycles. The third-order valence-corrected chi connectivity index (χ3v) is 2.79. The van der Waals surface area contributed by atoms with Crippen LogP contribution in [0.25, 0.3) is 0 Å². The van der Waals surface area contributed by atoms with Crippen molar-refractivity contribution in [1.82, 2.24) is 0 Å². The van der Waals surface area contributed by atoms with Gasteiger partial charge in [0.1, 0.15) is 12.0 Å². The Morgan fingerprint density at radius 1 is 1.57 bits per heavy atom. The fraction of sp³-hybridized carbons (Fsp3) is 0.364. The summed E-state index contributed by atoms with van der Waals surface area (Å²) in [6.07, 6.45) is 0.933. The predicted molar refractivity (Wildman–Crippen MR) is 60.1 cm³/mol. The van der Waals surface area contributed by atoms with Crippen LogP contribution in [0.2, 0.25) is 0 Å². The second kappa shape index (κ2) is 5.15. The molecule has 1 atom stereocenters. The highest BCUT2D eigenvalue weighted by atomic mass is 79.9. The zero-order chi connectivity index (χ0) is 10.6. The maximum absolute atomic E-state index is 10.6. The minimum absolute atomic E-state index is 0.0757. The van der Waals surface area contributed by atoms with Gasteiger partial charge < -0.3 is 9.53 Å². The molecule has 0 radical (unpaired) electrons. The van der Waals surface area contributed by atoms with Crippen LogP contribution in [0, 0.1) is 0 Å². The molecule has 0 aliphatic rings. The van der Waals surface area contributed by atoms with Gasteiger partial charge in [-0.05, 0) is 11.6 Å². The molecule has 2 nitrogen and oxygen atoms in total. The Kier molecular flexibility index (Phi) is 4.14. The summed E-state index contributed by atoms with van der Waals surface area (Å²) in [4.78, 5) is 10.6. The number of methoxy groups -OCH3 is 1. The Morgan fingerprint density at radius 3 is 2.79 bits per heavy atom. The lowest BCUT2D eigenvalue weighted by atomic mass is 10.0. The maximum Gasteiger partial charge on any atom is 0.127 e. The van der Waals surface area contributed by atoms with Crippen molar-refractivity contribution in [3.05, 3.63) is 29.3 Å². The van der Waals surface area contributed by atoms with E-state index in [1.54, 1.807) is 7.11 Å². The van der Waals surface area contributed by atoms with E-state index >= 15 is 0 Å². The van der Waals surface area contributed by atoms with Crippen molar-refractivity contribution in [3.8, 4) is 5.75 Å². The number of rotatable bonds is 4. The molecule has 76 valence electrons. The number of halogens is 1. The van der Waals surface area contributed by atoms with Gasteiger partial charge in [0, 0.05) is 16.8 Å². The highest BCUT2D eigenvalue weighted by molar-refractivity contribution is 9.08. The van der Waals surface area contributed by atoms with Gasteiger partial charge in [0.25, 0.3) is 0 Å². The van der Waals surface area contributed by atoms with E-state index in [-0.39, 0.29) is 5.92 Å². The van der Waals surface area contributed by atoms with Crippen LogP contribution in [0.5, 0.6) is 5.75 Å². The first-order valence-electron chi connectivity index (χ1n) is 4.41. The molecule has 1 rings (SSSR count). The minimum Gasteiger partial charge on any atom is -0.496 e. The van der Waals surface area contributed by atoms with Crippen molar-refractivity contribution in [2.24, 2.45) is 0 Å². The van der Waals surface area contributed by atoms with Crippen LogP contribution in [0.1, 0.15) is 24.0 Å². The normalized spacial score (nSPS) is 12.2. The standard InChI is InChI=1S/C11H13BrO2/c1-8(7-13)9-3-4-10(6-12)11(5-9)14-2/h3-5,7-8H,6H2,1-2H3. The molecular formula is C11H13BrO2. The van der Waals surface area contributed by atoms with Crippen LogP contribution in [0.15, 0.2) is 18.2 Å². The third kappa shape index (κ3) is 2.35. The summed E-state index contributed by atoms with van der Waals surface area (Å²) < 4.78 is 5.23. The molecule has 1 unspecified atom stereocenters. The minimum atomic E-state index is -0.0757. The maximum atomic E-state index is 10.6. The van der Waals surface area contributed by atoms with Gasteiger partial charge in [0.15, 0.2) is 0 Å². The van der Waals surface area contributed by atoms with Gasteiger partial charge in [0.05, 0.1) is 7.11 Å². The molecular weight excluding hydrogens is 244 g/mol. The number of carbonyl (C=O) groups is 1. The van der Waals surface area contributed by atoms with Gasteiger partial charge in [0.2, 0.25) is 0 Å². The van der Waals surface area contributed by atoms with Crippen LogP contribution >= 0.6 is 15.9 Å². The number of benzene rings is 1. The van der Waals surface area contributed by atoms with E-state index < -0.39 is 0 Å². The lowest BCUT2D eigenvalue weighted by molar-refractivity contribution is -0.108. The van der Waals surface area contributed by atoms with E-state index in [0.29, 0.717) is 0 Å². The molecule has 0 spiro atoms. The molecule has 1 aromatic carbocycles. The second-order valence-electron chi connectivity index (χ2n) is 3.13. The van der Waals surface area contributed by atoms with Crippen LogP contribution in [0.4, 0.5) is 0 Å². The lowest BCUT2D eigenvalue weighted by Gasteiger charge is -2.10.